The van der Waals surface area contributed by atoms with Crippen LogP contribution in [0.15, 0.2) is 0 Å². The van der Waals surface area contributed by atoms with Crippen LogP contribution in [-0.2, 0) is 9.53 Å². The molecule has 1 saturated heterocycles. The van der Waals surface area contributed by atoms with Gasteiger partial charge in [-0.3, -0.25) is 4.79 Å². The molecule has 88 valence electrons. The molecule has 1 rings (SSSR count). The van der Waals surface area contributed by atoms with Crippen molar-refractivity contribution in [1.82, 2.24) is 4.90 Å². The highest BCUT2D eigenvalue weighted by Gasteiger charge is 2.21. The number of esters is 1. The van der Waals surface area contributed by atoms with Crippen LogP contribution in [0.4, 0.5) is 0 Å². The van der Waals surface area contributed by atoms with Crippen molar-refractivity contribution in [2.24, 2.45) is 11.7 Å². The molecule has 4 nitrogen and oxygen atoms in total. The first-order chi connectivity index (χ1) is 7.13. The second kappa shape index (κ2) is 6.08. The van der Waals surface area contributed by atoms with Crippen LogP contribution in [0.25, 0.3) is 0 Å². The maximum absolute atomic E-state index is 11.4. The molecule has 1 atom stereocenters. The van der Waals surface area contributed by atoms with Gasteiger partial charge in [0.25, 0.3) is 0 Å². The minimum Gasteiger partial charge on any atom is -0.466 e. The predicted octanol–water partition coefficient (Wildman–Crippen LogP) is 0.609. The lowest BCUT2D eigenvalue weighted by molar-refractivity contribution is -0.148. The molecule has 1 fully saturated rings. The number of carbonyl (C=O) groups excluding carboxylic acids is 1. The molecule has 15 heavy (non-hydrogen) atoms. The number of ether oxygens (including phenoxy) is 1. The van der Waals surface area contributed by atoms with Gasteiger partial charge in [-0.1, -0.05) is 6.92 Å². The third kappa shape index (κ3) is 4.18. The molecule has 0 saturated carbocycles. The predicted molar refractivity (Wildman–Crippen MR) is 59.4 cm³/mol. The molecular formula is C11H22N2O2. The van der Waals surface area contributed by atoms with Crippen LogP contribution < -0.4 is 5.73 Å². The minimum absolute atomic E-state index is 0.0284. The van der Waals surface area contributed by atoms with E-state index in [9.17, 15) is 4.79 Å². The Kier molecular flexibility index (Phi) is 5.05. The van der Waals surface area contributed by atoms with Crippen LogP contribution in [0.3, 0.4) is 0 Å². The van der Waals surface area contributed by atoms with Crippen molar-refractivity contribution < 1.29 is 9.53 Å². The maximum Gasteiger partial charge on any atom is 0.309 e. The fraction of sp³-hybridized carbons (Fsp3) is 0.909. The van der Waals surface area contributed by atoms with Gasteiger partial charge < -0.3 is 15.4 Å². The molecule has 0 aromatic heterocycles. The topological polar surface area (TPSA) is 55.6 Å². The lowest BCUT2D eigenvalue weighted by atomic mass is 10.0. The fourth-order valence-corrected chi connectivity index (χ4v) is 1.88. The molecule has 4 heteroatoms. The first-order valence-electron chi connectivity index (χ1n) is 5.78. The number of nitrogens with zero attached hydrogens (tertiary/aromatic N) is 1. The fourth-order valence-electron chi connectivity index (χ4n) is 1.88. The second-order valence-corrected chi connectivity index (χ2v) is 4.29. The van der Waals surface area contributed by atoms with Gasteiger partial charge in [0.1, 0.15) is 0 Å². The second-order valence-electron chi connectivity index (χ2n) is 4.29. The van der Waals surface area contributed by atoms with E-state index in [-0.39, 0.29) is 11.9 Å². The molecule has 0 aromatic carbocycles. The SMILES string of the molecule is CCOC(=O)C(C)CN1CCC(N)CC1. The van der Waals surface area contributed by atoms with E-state index in [2.05, 4.69) is 4.90 Å². The van der Waals surface area contributed by atoms with Gasteiger partial charge in [-0.25, -0.2) is 0 Å². The molecule has 0 radical (unpaired) electrons. The van der Waals surface area contributed by atoms with Crippen LogP contribution >= 0.6 is 0 Å². The summed E-state index contributed by atoms with van der Waals surface area (Å²) < 4.78 is 4.98. The van der Waals surface area contributed by atoms with Crippen LogP contribution in [0.5, 0.6) is 0 Å². The van der Waals surface area contributed by atoms with Crippen molar-refractivity contribution in [1.29, 1.82) is 0 Å². The summed E-state index contributed by atoms with van der Waals surface area (Å²) in [5, 5.41) is 0. The standard InChI is InChI=1S/C11H22N2O2/c1-3-15-11(14)9(2)8-13-6-4-10(12)5-7-13/h9-10H,3-8,12H2,1-2H3. The third-order valence-corrected chi connectivity index (χ3v) is 2.85. The number of likely N-dealkylation sites (tertiary alicyclic amines) is 1. The summed E-state index contributed by atoms with van der Waals surface area (Å²) in [5.41, 5.74) is 5.82. The summed E-state index contributed by atoms with van der Waals surface area (Å²) >= 11 is 0. The average Bonchev–Trinajstić information content (AvgIpc) is 2.22. The molecule has 2 N–H and O–H groups in total. The third-order valence-electron chi connectivity index (χ3n) is 2.85. The summed E-state index contributed by atoms with van der Waals surface area (Å²) in [6, 6.07) is 0.346. The highest BCUT2D eigenvalue weighted by molar-refractivity contribution is 5.72. The van der Waals surface area contributed by atoms with Crippen molar-refractivity contribution in [3.05, 3.63) is 0 Å². The van der Waals surface area contributed by atoms with Gasteiger partial charge in [0, 0.05) is 12.6 Å². The highest BCUT2D eigenvalue weighted by Crippen LogP contribution is 2.11. The normalized spacial score (nSPS) is 21.3. The quantitative estimate of drug-likeness (QED) is 0.697. The van der Waals surface area contributed by atoms with Gasteiger partial charge in [0.15, 0.2) is 0 Å². The first-order valence-corrected chi connectivity index (χ1v) is 5.78. The number of piperidine rings is 1. The van der Waals surface area contributed by atoms with Crippen molar-refractivity contribution >= 4 is 5.97 Å². The largest absolute Gasteiger partial charge is 0.466 e. The Morgan fingerprint density at radius 3 is 2.67 bits per heavy atom. The summed E-state index contributed by atoms with van der Waals surface area (Å²) in [4.78, 5) is 13.7. The van der Waals surface area contributed by atoms with Gasteiger partial charge >= 0.3 is 5.97 Å². The van der Waals surface area contributed by atoms with Gasteiger partial charge in [0.05, 0.1) is 12.5 Å². The van der Waals surface area contributed by atoms with Gasteiger partial charge in [-0.05, 0) is 32.9 Å². The average molecular weight is 214 g/mol. The summed E-state index contributed by atoms with van der Waals surface area (Å²) in [5.74, 6) is -0.119. The zero-order valence-corrected chi connectivity index (χ0v) is 9.74. The Bertz CT molecular complexity index is 201. The van der Waals surface area contributed by atoms with E-state index in [0.29, 0.717) is 12.6 Å². The molecule has 1 heterocycles. The number of hydrogen-bond acceptors (Lipinski definition) is 4. The lowest BCUT2D eigenvalue weighted by Crippen LogP contribution is -2.42. The van der Waals surface area contributed by atoms with Crippen LogP contribution in [0.2, 0.25) is 0 Å². The van der Waals surface area contributed by atoms with E-state index in [1.807, 2.05) is 13.8 Å². The minimum atomic E-state index is -0.0904. The van der Waals surface area contributed by atoms with E-state index in [1.165, 1.54) is 0 Å². The van der Waals surface area contributed by atoms with E-state index >= 15 is 0 Å². The smallest absolute Gasteiger partial charge is 0.309 e. The first kappa shape index (κ1) is 12.5. The molecule has 1 aliphatic heterocycles. The van der Waals surface area contributed by atoms with Crippen molar-refractivity contribution in [3.63, 3.8) is 0 Å². The molecule has 1 aliphatic rings. The monoisotopic (exact) mass is 214 g/mol. The van der Waals surface area contributed by atoms with E-state index < -0.39 is 0 Å². The number of hydrogen-bond donors (Lipinski definition) is 1. The van der Waals surface area contributed by atoms with Gasteiger partial charge in [-0.2, -0.15) is 0 Å². The summed E-state index contributed by atoms with van der Waals surface area (Å²) in [6.45, 7) is 7.03. The number of nitrogens with two attached hydrogens (primary N) is 1. The van der Waals surface area contributed by atoms with Crippen LogP contribution in [0, 0.1) is 5.92 Å². The molecule has 0 bridgehead atoms. The number of rotatable bonds is 4. The maximum atomic E-state index is 11.4. The van der Waals surface area contributed by atoms with Crippen molar-refractivity contribution in [3.8, 4) is 0 Å². The Hall–Kier alpha value is -0.610. The van der Waals surface area contributed by atoms with Crippen molar-refractivity contribution in [2.45, 2.75) is 32.7 Å². The van der Waals surface area contributed by atoms with E-state index in [4.69, 9.17) is 10.5 Å². The number of carbonyl (C=O) groups is 1. The molecule has 0 aliphatic carbocycles. The lowest BCUT2D eigenvalue weighted by Gasteiger charge is -2.31. The zero-order chi connectivity index (χ0) is 11.3. The van der Waals surface area contributed by atoms with Gasteiger partial charge in [0.2, 0.25) is 0 Å². The molecule has 0 spiro atoms. The van der Waals surface area contributed by atoms with Crippen molar-refractivity contribution in [2.75, 3.05) is 26.2 Å². The summed E-state index contributed by atoms with van der Waals surface area (Å²) in [7, 11) is 0. The molecule has 1 unspecified atom stereocenters. The van der Waals surface area contributed by atoms with Crippen LogP contribution in [0.1, 0.15) is 26.7 Å². The van der Waals surface area contributed by atoms with Crippen LogP contribution in [-0.4, -0.2) is 43.2 Å². The van der Waals surface area contributed by atoms with E-state index in [0.717, 1.165) is 32.5 Å². The highest BCUT2D eigenvalue weighted by atomic mass is 16.5. The molecular weight excluding hydrogens is 192 g/mol. The Morgan fingerprint density at radius 2 is 2.13 bits per heavy atom. The summed E-state index contributed by atoms with van der Waals surface area (Å²) in [6.07, 6.45) is 2.07. The molecule has 0 amide bonds. The van der Waals surface area contributed by atoms with E-state index in [1.54, 1.807) is 0 Å². The molecule has 0 aromatic rings. The Labute approximate surface area is 91.8 Å². The Morgan fingerprint density at radius 1 is 1.53 bits per heavy atom. The Balaban J connectivity index is 2.25. The van der Waals surface area contributed by atoms with Gasteiger partial charge in [-0.15, -0.1) is 0 Å². The zero-order valence-electron chi connectivity index (χ0n) is 9.74.